The van der Waals surface area contributed by atoms with Crippen LogP contribution in [0.15, 0.2) is 30.3 Å². The van der Waals surface area contributed by atoms with Crippen molar-refractivity contribution in [2.24, 2.45) is 0 Å². The minimum Gasteiger partial charge on any atom is -0.351 e. The van der Waals surface area contributed by atoms with Crippen LogP contribution in [0.3, 0.4) is 0 Å². The molecule has 0 saturated heterocycles. The molecular formula is C22H23F3N6OS. The zero-order valence-electron chi connectivity index (χ0n) is 18.4. The minimum atomic E-state index is -4.65. The van der Waals surface area contributed by atoms with Crippen LogP contribution in [-0.2, 0) is 19.1 Å². The van der Waals surface area contributed by atoms with Gasteiger partial charge in [-0.05, 0) is 51.0 Å². The van der Waals surface area contributed by atoms with Crippen LogP contribution < -0.4 is 5.32 Å². The van der Waals surface area contributed by atoms with Crippen molar-refractivity contribution in [2.45, 2.75) is 46.3 Å². The van der Waals surface area contributed by atoms with Gasteiger partial charge in [0.15, 0.2) is 17.0 Å². The quantitative estimate of drug-likeness (QED) is 0.393. The van der Waals surface area contributed by atoms with Crippen molar-refractivity contribution < 1.29 is 18.0 Å². The lowest BCUT2D eigenvalue weighted by Crippen LogP contribution is -2.26. The number of fused-ring (bicyclic) bond motifs is 1. The Morgan fingerprint density at radius 3 is 2.58 bits per heavy atom. The summed E-state index contributed by atoms with van der Waals surface area (Å²) in [4.78, 5) is 18.6. The van der Waals surface area contributed by atoms with E-state index in [1.54, 1.807) is 6.07 Å². The summed E-state index contributed by atoms with van der Waals surface area (Å²) in [6.45, 7) is 6.80. The fraction of sp³-hybridized carbons (Fsp3) is 0.364. The van der Waals surface area contributed by atoms with Gasteiger partial charge in [0.1, 0.15) is 0 Å². The number of thiophene rings is 1. The monoisotopic (exact) mass is 476 g/mol. The first kappa shape index (κ1) is 23.0. The predicted molar refractivity (Wildman–Crippen MR) is 119 cm³/mol. The fourth-order valence-electron chi connectivity index (χ4n) is 3.54. The molecular weight excluding hydrogens is 453 g/mol. The third kappa shape index (κ3) is 4.92. The van der Waals surface area contributed by atoms with Gasteiger partial charge in [-0.2, -0.15) is 23.4 Å². The van der Waals surface area contributed by atoms with E-state index in [1.807, 2.05) is 37.6 Å². The van der Waals surface area contributed by atoms with Crippen LogP contribution in [0.4, 0.5) is 13.2 Å². The molecule has 4 aromatic heterocycles. The Bertz CT molecular complexity index is 1300. The molecule has 0 fully saturated rings. The molecule has 4 heterocycles. The lowest BCUT2D eigenvalue weighted by Gasteiger charge is -2.10. The van der Waals surface area contributed by atoms with Gasteiger partial charge in [0.25, 0.3) is 5.91 Å². The van der Waals surface area contributed by atoms with E-state index in [0.29, 0.717) is 28.9 Å². The molecule has 7 nitrogen and oxygen atoms in total. The third-order valence-corrected chi connectivity index (χ3v) is 6.40. The highest BCUT2D eigenvalue weighted by atomic mass is 32.1. The van der Waals surface area contributed by atoms with Gasteiger partial charge in [-0.1, -0.05) is 6.92 Å². The molecule has 0 bridgehead atoms. The number of hydrogen-bond donors (Lipinski definition) is 1. The van der Waals surface area contributed by atoms with Crippen molar-refractivity contribution >= 4 is 22.9 Å². The normalized spacial score (nSPS) is 11.9. The Labute approximate surface area is 192 Å². The van der Waals surface area contributed by atoms with E-state index in [4.69, 9.17) is 0 Å². The Morgan fingerprint density at radius 1 is 1.15 bits per heavy atom. The predicted octanol–water partition coefficient (Wildman–Crippen LogP) is 4.67. The van der Waals surface area contributed by atoms with Gasteiger partial charge in [0, 0.05) is 29.7 Å². The van der Waals surface area contributed by atoms with Crippen LogP contribution in [0.25, 0.3) is 16.2 Å². The Morgan fingerprint density at radius 2 is 1.94 bits per heavy atom. The van der Waals surface area contributed by atoms with Crippen LogP contribution in [0, 0.1) is 13.8 Å². The first-order valence-corrected chi connectivity index (χ1v) is 11.3. The van der Waals surface area contributed by atoms with Crippen molar-refractivity contribution in [3.63, 3.8) is 0 Å². The molecule has 0 radical (unpaired) electrons. The molecule has 1 amide bonds. The molecule has 0 aliphatic heterocycles. The summed E-state index contributed by atoms with van der Waals surface area (Å²) in [5.41, 5.74) is 1.03. The number of nitrogens with zero attached hydrogens (tertiary/aromatic N) is 5. The number of nitrogens with one attached hydrogen (secondary N) is 1. The summed E-state index contributed by atoms with van der Waals surface area (Å²) >= 11 is 1.40. The van der Waals surface area contributed by atoms with E-state index in [1.165, 1.54) is 17.4 Å². The molecule has 0 spiro atoms. The number of carbonyl (C=O) groups excluding carboxylic acids is 1. The second-order valence-electron chi connectivity index (χ2n) is 7.70. The number of halogens is 3. The lowest BCUT2D eigenvalue weighted by atomic mass is 10.2. The number of carbonyl (C=O) groups is 1. The lowest BCUT2D eigenvalue weighted by molar-refractivity contribution is -0.142. The van der Waals surface area contributed by atoms with Crippen LogP contribution in [0.5, 0.6) is 0 Å². The average Bonchev–Trinajstić information content (AvgIpc) is 3.47. The van der Waals surface area contributed by atoms with Crippen molar-refractivity contribution in [1.82, 2.24) is 29.7 Å². The summed E-state index contributed by atoms with van der Waals surface area (Å²) in [5, 5.41) is 11.0. The number of amides is 1. The highest BCUT2D eigenvalue weighted by Crippen LogP contribution is 2.34. The van der Waals surface area contributed by atoms with Crippen molar-refractivity contribution in [3.05, 3.63) is 58.0 Å². The molecule has 0 saturated carbocycles. The van der Waals surface area contributed by atoms with Gasteiger partial charge in [-0.25, -0.2) is 9.50 Å². The first-order valence-electron chi connectivity index (χ1n) is 10.5. The highest BCUT2D eigenvalue weighted by Gasteiger charge is 2.35. The van der Waals surface area contributed by atoms with Crippen molar-refractivity contribution in [2.75, 3.05) is 6.54 Å². The number of aryl methyl sites for hydroxylation is 4. The van der Waals surface area contributed by atoms with Gasteiger partial charge in [-0.3, -0.25) is 9.48 Å². The molecule has 0 aromatic carbocycles. The minimum absolute atomic E-state index is 0.0286. The summed E-state index contributed by atoms with van der Waals surface area (Å²) < 4.78 is 43.8. The molecule has 11 heteroatoms. The maximum absolute atomic E-state index is 13.7. The topological polar surface area (TPSA) is 77.1 Å². The van der Waals surface area contributed by atoms with Crippen LogP contribution >= 0.6 is 11.3 Å². The van der Waals surface area contributed by atoms with E-state index in [-0.39, 0.29) is 17.0 Å². The van der Waals surface area contributed by atoms with Gasteiger partial charge in [-0.15, -0.1) is 11.3 Å². The number of rotatable bonds is 7. The summed E-state index contributed by atoms with van der Waals surface area (Å²) in [5.74, 6) is -0.548. The van der Waals surface area contributed by atoms with E-state index in [2.05, 4.69) is 20.5 Å². The second-order valence-corrected chi connectivity index (χ2v) is 8.87. The van der Waals surface area contributed by atoms with Gasteiger partial charge < -0.3 is 5.32 Å². The van der Waals surface area contributed by atoms with Crippen LogP contribution in [-0.4, -0.2) is 36.8 Å². The SMILES string of the molecule is CCc1ccc(-c2cc(C(F)(F)F)n3nc(C(=O)NCCCn4nc(C)cc4C)cc3n2)s1. The second kappa shape index (κ2) is 8.97. The maximum atomic E-state index is 13.7. The standard InChI is InChI=1S/C22H23F3N6OS/c1-4-15-6-7-18(33-15)16-11-19(22(23,24)25)31-20(27-16)12-17(29-31)21(32)26-8-5-9-30-14(3)10-13(2)28-30/h6-7,10-12H,4-5,8-9H2,1-3H3,(H,26,32). The third-order valence-electron chi connectivity index (χ3n) is 5.15. The molecule has 4 rings (SSSR count). The smallest absolute Gasteiger partial charge is 0.351 e. The molecule has 1 N–H and O–H groups in total. The van der Waals surface area contributed by atoms with Crippen molar-refractivity contribution in [3.8, 4) is 10.6 Å². The number of alkyl halides is 3. The molecule has 0 atom stereocenters. The highest BCUT2D eigenvalue weighted by molar-refractivity contribution is 7.15. The van der Waals surface area contributed by atoms with Crippen LogP contribution in [0.2, 0.25) is 0 Å². The Balaban J connectivity index is 1.54. The number of aromatic nitrogens is 5. The van der Waals surface area contributed by atoms with E-state index in [9.17, 15) is 18.0 Å². The van der Waals surface area contributed by atoms with Crippen molar-refractivity contribution in [1.29, 1.82) is 0 Å². The van der Waals surface area contributed by atoms with E-state index >= 15 is 0 Å². The molecule has 0 aliphatic carbocycles. The van der Waals surface area contributed by atoms with Crippen LogP contribution in [0.1, 0.15) is 45.8 Å². The Kier molecular flexibility index (Phi) is 6.24. The number of hydrogen-bond acceptors (Lipinski definition) is 5. The zero-order chi connectivity index (χ0) is 23.8. The van der Waals surface area contributed by atoms with E-state index < -0.39 is 17.8 Å². The molecule has 0 unspecified atom stereocenters. The largest absolute Gasteiger partial charge is 0.433 e. The summed E-state index contributed by atoms with van der Waals surface area (Å²) in [6.07, 6.45) is -3.24. The molecule has 0 aliphatic rings. The van der Waals surface area contributed by atoms with E-state index in [0.717, 1.165) is 28.8 Å². The van der Waals surface area contributed by atoms with Gasteiger partial charge in [0.05, 0.1) is 16.3 Å². The van der Waals surface area contributed by atoms with Gasteiger partial charge >= 0.3 is 6.18 Å². The molecule has 33 heavy (non-hydrogen) atoms. The maximum Gasteiger partial charge on any atom is 0.433 e. The summed E-state index contributed by atoms with van der Waals surface area (Å²) in [7, 11) is 0. The molecule has 174 valence electrons. The fourth-order valence-corrected chi connectivity index (χ4v) is 4.45. The van der Waals surface area contributed by atoms with Gasteiger partial charge in [0.2, 0.25) is 0 Å². The Hall–Kier alpha value is -3.21. The first-order chi connectivity index (χ1) is 15.7. The average molecular weight is 477 g/mol. The molecule has 4 aromatic rings. The zero-order valence-corrected chi connectivity index (χ0v) is 19.2. The summed E-state index contributed by atoms with van der Waals surface area (Å²) in [6, 6.07) is 7.86.